The summed E-state index contributed by atoms with van der Waals surface area (Å²) in [6, 6.07) is 5.31. The number of benzene rings is 1. The Bertz CT molecular complexity index is 781. The Hall–Kier alpha value is -2.10. The van der Waals surface area contributed by atoms with Gasteiger partial charge in [0.05, 0.1) is 5.69 Å². The molecule has 0 atom stereocenters. The fourth-order valence-electron chi connectivity index (χ4n) is 3.83. The number of rotatable bonds is 1. The molecule has 1 amide bonds. The number of aromatic nitrogens is 1. The van der Waals surface area contributed by atoms with Crippen molar-refractivity contribution < 1.29 is 9.59 Å². The standard InChI is InChI=1S/C17H20N2O2/c1-16(2)8-17(3,4)14(20)13-12(16)10-7-9(15(18)21)5-6-11(10)19-13/h5-7,19H,8H2,1-4H3,(H2,18,21). The Labute approximate surface area is 123 Å². The first kappa shape index (κ1) is 13.9. The zero-order chi connectivity index (χ0) is 15.6. The number of H-pyrrole nitrogens is 1. The van der Waals surface area contributed by atoms with Crippen LogP contribution in [0.4, 0.5) is 0 Å². The number of carbonyl (C=O) groups excluding carboxylic acids is 2. The van der Waals surface area contributed by atoms with Crippen molar-refractivity contribution in [2.24, 2.45) is 11.1 Å². The highest BCUT2D eigenvalue weighted by Gasteiger charge is 2.45. The van der Waals surface area contributed by atoms with Gasteiger partial charge in [0.2, 0.25) is 5.91 Å². The van der Waals surface area contributed by atoms with Crippen LogP contribution in [0.15, 0.2) is 18.2 Å². The molecule has 0 saturated carbocycles. The fraction of sp³-hybridized carbons (Fsp3) is 0.412. The largest absolute Gasteiger partial charge is 0.366 e. The molecule has 4 heteroatoms. The van der Waals surface area contributed by atoms with Crippen LogP contribution in [0.5, 0.6) is 0 Å². The lowest BCUT2D eigenvalue weighted by Gasteiger charge is -2.39. The highest BCUT2D eigenvalue weighted by molar-refractivity contribution is 6.08. The van der Waals surface area contributed by atoms with Crippen LogP contribution in [0.1, 0.15) is 60.5 Å². The number of nitrogens with two attached hydrogens (primary N) is 1. The van der Waals surface area contributed by atoms with E-state index in [1.54, 1.807) is 12.1 Å². The molecule has 0 radical (unpaired) electrons. The number of hydrogen-bond acceptors (Lipinski definition) is 2. The minimum absolute atomic E-state index is 0.133. The van der Waals surface area contributed by atoms with Crippen molar-refractivity contribution in [3.8, 4) is 0 Å². The third-order valence-electron chi connectivity index (χ3n) is 4.49. The molecule has 4 nitrogen and oxygen atoms in total. The maximum absolute atomic E-state index is 12.7. The van der Waals surface area contributed by atoms with Crippen molar-refractivity contribution >= 4 is 22.6 Å². The predicted molar refractivity (Wildman–Crippen MR) is 82.6 cm³/mol. The maximum atomic E-state index is 12.7. The number of fused-ring (bicyclic) bond motifs is 3. The molecule has 2 aromatic rings. The first-order chi connectivity index (χ1) is 9.63. The summed E-state index contributed by atoms with van der Waals surface area (Å²) in [7, 11) is 0. The van der Waals surface area contributed by atoms with Gasteiger partial charge in [-0.05, 0) is 35.6 Å². The summed E-state index contributed by atoms with van der Waals surface area (Å²) >= 11 is 0. The summed E-state index contributed by atoms with van der Waals surface area (Å²) in [5.41, 5.74) is 7.88. The molecule has 0 saturated heterocycles. The molecule has 0 fully saturated rings. The number of hydrogen-bond donors (Lipinski definition) is 2. The van der Waals surface area contributed by atoms with E-state index in [1.165, 1.54) is 0 Å². The number of amides is 1. The van der Waals surface area contributed by atoms with E-state index < -0.39 is 5.91 Å². The highest BCUT2D eigenvalue weighted by atomic mass is 16.1. The number of nitrogens with one attached hydrogen (secondary N) is 1. The lowest BCUT2D eigenvalue weighted by Crippen LogP contribution is -2.39. The van der Waals surface area contributed by atoms with E-state index >= 15 is 0 Å². The van der Waals surface area contributed by atoms with Gasteiger partial charge in [-0.15, -0.1) is 0 Å². The average Bonchev–Trinajstić information content (AvgIpc) is 2.74. The van der Waals surface area contributed by atoms with E-state index in [0.717, 1.165) is 22.9 Å². The first-order valence-corrected chi connectivity index (χ1v) is 7.14. The summed E-state index contributed by atoms with van der Waals surface area (Å²) in [5.74, 6) is -0.319. The Morgan fingerprint density at radius 1 is 1.19 bits per heavy atom. The molecule has 0 bridgehead atoms. The third kappa shape index (κ3) is 1.89. The van der Waals surface area contributed by atoms with Crippen LogP contribution in [-0.4, -0.2) is 16.7 Å². The van der Waals surface area contributed by atoms with Gasteiger partial charge in [-0.3, -0.25) is 9.59 Å². The van der Waals surface area contributed by atoms with Gasteiger partial charge in [0, 0.05) is 21.9 Å². The van der Waals surface area contributed by atoms with Crippen molar-refractivity contribution in [3.05, 3.63) is 35.0 Å². The second-order valence-corrected chi connectivity index (χ2v) is 7.27. The monoisotopic (exact) mass is 284 g/mol. The first-order valence-electron chi connectivity index (χ1n) is 7.14. The van der Waals surface area contributed by atoms with Gasteiger partial charge in [0.25, 0.3) is 0 Å². The fourth-order valence-corrected chi connectivity index (χ4v) is 3.83. The van der Waals surface area contributed by atoms with E-state index in [0.29, 0.717) is 11.3 Å². The number of Topliss-reactive ketones (excluding diaryl/α,β-unsaturated/α-hetero) is 1. The average molecular weight is 284 g/mol. The molecule has 1 heterocycles. The molecule has 1 aliphatic rings. The number of ketones is 1. The lowest BCUT2D eigenvalue weighted by atomic mass is 9.63. The molecule has 0 unspecified atom stereocenters. The molecule has 3 rings (SSSR count). The summed E-state index contributed by atoms with van der Waals surface area (Å²) in [6.07, 6.45) is 0.777. The Morgan fingerprint density at radius 3 is 2.48 bits per heavy atom. The normalized spacial score (nSPS) is 19.5. The summed E-state index contributed by atoms with van der Waals surface area (Å²) < 4.78 is 0. The topological polar surface area (TPSA) is 76.0 Å². The minimum Gasteiger partial charge on any atom is -0.366 e. The zero-order valence-electron chi connectivity index (χ0n) is 12.8. The van der Waals surface area contributed by atoms with Gasteiger partial charge in [0.1, 0.15) is 0 Å². The van der Waals surface area contributed by atoms with Gasteiger partial charge in [-0.2, -0.15) is 0 Å². The number of carbonyl (C=O) groups is 2. The van der Waals surface area contributed by atoms with Crippen molar-refractivity contribution in [3.63, 3.8) is 0 Å². The van der Waals surface area contributed by atoms with Crippen molar-refractivity contribution in [1.82, 2.24) is 4.98 Å². The SMILES string of the molecule is CC1(C)CC(C)(C)c2c([nH]c3ccc(C(N)=O)cc23)C1=O. The van der Waals surface area contributed by atoms with E-state index in [1.807, 2.05) is 19.9 Å². The molecular formula is C17H20N2O2. The van der Waals surface area contributed by atoms with Crippen LogP contribution in [0, 0.1) is 5.41 Å². The number of primary amides is 1. The third-order valence-corrected chi connectivity index (χ3v) is 4.49. The van der Waals surface area contributed by atoms with Crippen molar-refractivity contribution in [2.45, 2.75) is 39.5 Å². The Morgan fingerprint density at radius 2 is 1.86 bits per heavy atom. The predicted octanol–water partition coefficient (Wildman–Crippen LogP) is 3.16. The molecular weight excluding hydrogens is 264 g/mol. The maximum Gasteiger partial charge on any atom is 0.248 e. The van der Waals surface area contributed by atoms with Gasteiger partial charge < -0.3 is 10.7 Å². The Balaban J connectivity index is 2.36. The molecule has 0 aliphatic heterocycles. The van der Waals surface area contributed by atoms with Crippen LogP contribution in [0.2, 0.25) is 0 Å². The summed E-state index contributed by atoms with van der Waals surface area (Å²) in [5, 5.41) is 0.926. The summed E-state index contributed by atoms with van der Waals surface area (Å²) in [6.45, 7) is 8.26. The zero-order valence-corrected chi connectivity index (χ0v) is 12.8. The van der Waals surface area contributed by atoms with Crippen molar-refractivity contribution in [2.75, 3.05) is 0 Å². The smallest absolute Gasteiger partial charge is 0.248 e. The molecule has 110 valence electrons. The van der Waals surface area contributed by atoms with Gasteiger partial charge in [-0.1, -0.05) is 27.7 Å². The molecule has 1 aromatic heterocycles. The molecule has 0 spiro atoms. The van der Waals surface area contributed by atoms with Crippen LogP contribution >= 0.6 is 0 Å². The minimum atomic E-state index is -0.452. The molecule has 1 aromatic carbocycles. The number of aromatic amines is 1. The van der Waals surface area contributed by atoms with E-state index in [4.69, 9.17) is 5.73 Å². The van der Waals surface area contributed by atoms with Gasteiger partial charge in [0.15, 0.2) is 5.78 Å². The summed E-state index contributed by atoms with van der Waals surface area (Å²) in [4.78, 5) is 27.3. The van der Waals surface area contributed by atoms with E-state index in [9.17, 15) is 9.59 Å². The quantitative estimate of drug-likeness (QED) is 0.844. The van der Waals surface area contributed by atoms with Gasteiger partial charge in [-0.25, -0.2) is 0 Å². The van der Waals surface area contributed by atoms with Crippen LogP contribution in [0.25, 0.3) is 10.9 Å². The Kier molecular flexibility index (Phi) is 2.62. The van der Waals surface area contributed by atoms with Crippen molar-refractivity contribution in [1.29, 1.82) is 0 Å². The molecule has 1 aliphatic carbocycles. The molecule has 3 N–H and O–H groups in total. The van der Waals surface area contributed by atoms with Crippen LogP contribution < -0.4 is 5.73 Å². The lowest BCUT2D eigenvalue weighted by molar-refractivity contribution is 0.0760. The molecule has 21 heavy (non-hydrogen) atoms. The highest BCUT2D eigenvalue weighted by Crippen LogP contribution is 2.48. The van der Waals surface area contributed by atoms with Gasteiger partial charge >= 0.3 is 0 Å². The van der Waals surface area contributed by atoms with E-state index in [2.05, 4.69) is 18.8 Å². The van der Waals surface area contributed by atoms with Crippen LogP contribution in [-0.2, 0) is 5.41 Å². The van der Waals surface area contributed by atoms with E-state index in [-0.39, 0.29) is 16.6 Å². The second-order valence-electron chi connectivity index (χ2n) is 7.27. The van der Waals surface area contributed by atoms with Crippen LogP contribution in [0.3, 0.4) is 0 Å². The second kappa shape index (κ2) is 3.97.